The summed E-state index contributed by atoms with van der Waals surface area (Å²) in [6, 6.07) is 9.91. The number of benzene rings is 1. The van der Waals surface area contributed by atoms with E-state index in [9.17, 15) is 14.4 Å². The molecule has 4 rings (SSSR count). The maximum Gasteiger partial charge on any atom is 0.269 e. The number of nitrogen functional groups attached to an aromatic ring is 1. The summed E-state index contributed by atoms with van der Waals surface area (Å²) in [7, 11) is 0. The second-order valence-electron chi connectivity index (χ2n) is 8.23. The lowest BCUT2D eigenvalue weighted by molar-refractivity contribution is -0.127. The zero-order valence-electron chi connectivity index (χ0n) is 19.4. The molecule has 1 fully saturated rings. The third-order valence-electron chi connectivity index (χ3n) is 6.08. The second kappa shape index (κ2) is 9.80. The first-order valence-corrected chi connectivity index (χ1v) is 11.3. The molecular weight excluding hydrogens is 446 g/mol. The molecule has 0 radical (unpaired) electrons. The van der Waals surface area contributed by atoms with Crippen LogP contribution in [-0.4, -0.2) is 43.8 Å². The van der Waals surface area contributed by atoms with Crippen molar-refractivity contribution in [3.63, 3.8) is 0 Å². The fourth-order valence-electron chi connectivity index (χ4n) is 4.27. The summed E-state index contributed by atoms with van der Waals surface area (Å²) in [5.41, 5.74) is 7.97. The second-order valence-corrected chi connectivity index (χ2v) is 8.23. The minimum Gasteiger partial charge on any atom is -0.364 e. The standard InChI is InChI=1S/C25H27N7O3/c1-3-15-11-12-28-19(14-15)29-25(35)17-9-7-16(8-10-17)21-22(23(26)34)32(27)24(30-21)18-6-5-13-31(18)20(33)4-2/h4,7-12,14,18H,2-3,5-6,13,27H2,1H3,(H2,26,34)(H,28,29,35). The number of amides is 3. The van der Waals surface area contributed by atoms with Gasteiger partial charge in [0.1, 0.15) is 11.5 Å². The van der Waals surface area contributed by atoms with Crippen LogP contribution in [0.1, 0.15) is 58.0 Å². The third kappa shape index (κ3) is 4.63. The molecule has 0 aliphatic carbocycles. The summed E-state index contributed by atoms with van der Waals surface area (Å²) in [4.78, 5) is 47.6. The molecule has 10 heteroatoms. The Morgan fingerprint density at radius 2 is 1.97 bits per heavy atom. The summed E-state index contributed by atoms with van der Waals surface area (Å²) in [5, 5.41) is 2.78. The quantitative estimate of drug-likeness (QED) is 0.354. The number of aryl methyl sites for hydroxylation is 1. The van der Waals surface area contributed by atoms with Crippen LogP contribution in [0, 0.1) is 0 Å². The molecule has 0 bridgehead atoms. The fraction of sp³-hybridized carbons (Fsp3) is 0.240. The molecule has 1 atom stereocenters. The molecule has 3 heterocycles. The highest BCUT2D eigenvalue weighted by atomic mass is 16.2. The van der Waals surface area contributed by atoms with Gasteiger partial charge in [-0.05, 0) is 55.2 Å². The number of nitrogens with one attached hydrogen (secondary N) is 1. The smallest absolute Gasteiger partial charge is 0.269 e. The van der Waals surface area contributed by atoms with Crippen LogP contribution in [0.4, 0.5) is 5.82 Å². The zero-order chi connectivity index (χ0) is 25.1. The number of anilines is 1. The van der Waals surface area contributed by atoms with Crippen LogP contribution in [0.3, 0.4) is 0 Å². The van der Waals surface area contributed by atoms with Gasteiger partial charge in [0.25, 0.3) is 11.8 Å². The van der Waals surface area contributed by atoms with Gasteiger partial charge in [-0.1, -0.05) is 25.6 Å². The Kier molecular flexibility index (Phi) is 6.63. The van der Waals surface area contributed by atoms with Gasteiger partial charge in [0.05, 0.1) is 6.04 Å². The van der Waals surface area contributed by atoms with Crippen molar-refractivity contribution in [2.75, 3.05) is 17.7 Å². The molecule has 5 N–H and O–H groups in total. The van der Waals surface area contributed by atoms with Gasteiger partial charge < -0.3 is 21.8 Å². The van der Waals surface area contributed by atoms with Crippen molar-refractivity contribution in [3.05, 3.63) is 77.9 Å². The predicted octanol–water partition coefficient (Wildman–Crippen LogP) is 2.42. The SMILES string of the molecule is C=CC(=O)N1CCCC1c1nc(-c2ccc(C(=O)Nc3cc(CC)ccn3)cc2)c(C(N)=O)n1N. The zero-order valence-corrected chi connectivity index (χ0v) is 19.4. The number of likely N-dealkylation sites (tertiary alicyclic amines) is 1. The Morgan fingerprint density at radius 3 is 2.63 bits per heavy atom. The largest absolute Gasteiger partial charge is 0.364 e. The number of nitrogens with zero attached hydrogens (tertiary/aromatic N) is 4. The predicted molar refractivity (Wildman–Crippen MR) is 132 cm³/mol. The Morgan fingerprint density at radius 1 is 1.23 bits per heavy atom. The summed E-state index contributed by atoms with van der Waals surface area (Å²) in [6.07, 6.45) is 5.15. The van der Waals surface area contributed by atoms with Crippen LogP contribution in [0.2, 0.25) is 0 Å². The minimum absolute atomic E-state index is 0.0238. The van der Waals surface area contributed by atoms with Crippen LogP contribution < -0.4 is 16.9 Å². The molecule has 1 aromatic carbocycles. The molecule has 3 aromatic rings. The Hall–Kier alpha value is -4.47. The highest BCUT2D eigenvalue weighted by Crippen LogP contribution is 2.34. The number of carbonyl (C=O) groups is 3. The molecule has 3 amide bonds. The molecule has 0 spiro atoms. The van der Waals surface area contributed by atoms with Crippen molar-refractivity contribution in [2.24, 2.45) is 5.73 Å². The molecule has 180 valence electrons. The maximum absolute atomic E-state index is 12.7. The molecule has 10 nitrogen and oxygen atoms in total. The van der Waals surface area contributed by atoms with E-state index in [-0.39, 0.29) is 23.2 Å². The average molecular weight is 474 g/mol. The number of carbonyl (C=O) groups excluding carboxylic acids is 3. The van der Waals surface area contributed by atoms with Crippen LogP contribution in [-0.2, 0) is 11.2 Å². The number of hydrogen-bond acceptors (Lipinski definition) is 6. The Balaban J connectivity index is 1.63. The Labute approximate surface area is 202 Å². The van der Waals surface area contributed by atoms with Gasteiger partial charge in [0, 0.05) is 23.9 Å². The number of pyridine rings is 1. The Bertz CT molecular complexity index is 1300. The molecule has 1 aliphatic heterocycles. The molecule has 1 saturated heterocycles. The molecule has 1 unspecified atom stereocenters. The van der Waals surface area contributed by atoms with E-state index < -0.39 is 11.9 Å². The highest BCUT2D eigenvalue weighted by Gasteiger charge is 2.34. The summed E-state index contributed by atoms with van der Waals surface area (Å²) in [5.74, 6) is 5.77. The summed E-state index contributed by atoms with van der Waals surface area (Å²) >= 11 is 0. The van der Waals surface area contributed by atoms with Gasteiger partial charge in [-0.2, -0.15) is 0 Å². The van der Waals surface area contributed by atoms with Gasteiger partial charge in [-0.25, -0.2) is 14.6 Å². The van der Waals surface area contributed by atoms with Gasteiger partial charge in [-0.15, -0.1) is 0 Å². The lowest BCUT2D eigenvalue weighted by Crippen LogP contribution is -2.32. The van der Waals surface area contributed by atoms with Gasteiger partial charge in [-0.3, -0.25) is 14.4 Å². The number of hydrogen-bond donors (Lipinski definition) is 3. The van der Waals surface area contributed by atoms with Crippen molar-refractivity contribution < 1.29 is 14.4 Å². The van der Waals surface area contributed by atoms with Crippen molar-refractivity contribution >= 4 is 23.5 Å². The van der Waals surface area contributed by atoms with E-state index in [0.717, 1.165) is 23.1 Å². The lowest BCUT2D eigenvalue weighted by Gasteiger charge is -2.22. The molecule has 0 saturated carbocycles. The topological polar surface area (TPSA) is 149 Å². The van der Waals surface area contributed by atoms with Gasteiger partial charge in [0.15, 0.2) is 11.5 Å². The minimum atomic E-state index is -0.746. The van der Waals surface area contributed by atoms with Gasteiger partial charge >= 0.3 is 0 Å². The number of primary amides is 1. The number of aromatic nitrogens is 3. The number of rotatable bonds is 7. The van der Waals surface area contributed by atoms with E-state index in [4.69, 9.17) is 11.6 Å². The van der Waals surface area contributed by atoms with Crippen molar-refractivity contribution in [1.29, 1.82) is 0 Å². The molecule has 35 heavy (non-hydrogen) atoms. The molecule has 2 aromatic heterocycles. The van der Waals surface area contributed by atoms with E-state index in [1.165, 1.54) is 6.08 Å². The number of imidazole rings is 1. The van der Waals surface area contributed by atoms with E-state index in [0.29, 0.717) is 35.7 Å². The highest BCUT2D eigenvalue weighted by molar-refractivity contribution is 6.04. The normalized spacial score (nSPS) is 15.1. The van der Waals surface area contributed by atoms with Crippen molar-refractivity contribution in [1.82, 2.24) is 19.5 Å². The van der Waals surface area contributed by atoms with E-state index >= 15 is 0 Å². The van der Waals surface area contributed by atoms with E-state index in [1.807, 2.05) is 19.1 Å². The van der Waals surface area contributed by atoms with Crippen LogP contribution >= 0.6 is 0 Å². The lowest BCUT2D eigenvalue weighted by atomic mass is 10.1. The number of nitrogens with two attached hydrogens (primary N) is 2. The van der Waals surface area contributed by atoms with Crippen LogP contribution in [0.25, 0.3) is 11.3 Å². The fourth-order valence-corrected chi connectivity index (χ4v) is 4.27. The average Bonchev–Trinajstić information content (AvgIpc) is 3.48. The monoisotopic (exact) mass is 473 g/mol. The first kappa shape index (κ1) is 23.7. The molecule has 1 aliphatic rings. The molecular formula is C25H27N7O3. The summed E-state index contributed by atoms with van der Waals surface area (Å²) < 4.78 is 1.16. The van der Waals surface area contributed by atoms with Crippen LogP contribution in [0.15, 0.2) is 55.3 Å². The van der Waals surface area contributed by atoms with Crippen molar-refractivity contribution in [3.8, 4) is 11.3 Å². The van der Waals surface area contributed by atoms with E-state index in [2.05, 4.69) is 21.9 Å². The first-order chi connectivity index (χ1) is 16.8. The van der Waals surface area contributed by atoms with Crippen molar-refractivity contribution in [2.45, 2.75) is 32.2 Å². The van der Waals surface area contributed by atoms with Gasteiger partial charge in [0.2, 0.25) is 5.91 Å². The first-order valence-electron chi connectivity index (χ1n) is 11.3. The third-order valence-corrected chi connectivity index (χ3v) is 6.08. The summed E-state index contributed by atoms with van der Waals surface area (Å²) in [6.45, 7) is 6.12. The van der Waals surface area contributed by atoms with E-state index in [1.54, 1.807) is 35.4 Å². The van der Waals surface area contributed by atoms with Crippen LogP contribution in [0.5, 0.6) is 0 Å². The maximum atomic E-state index is 12.7.